The van der Waals surface area contributed by atoms with Gasteiger partial charge in [0.1, 0.15) is 30.3 Å². The molecule has 0 atom stereocenters. The van der Waals surface area contributed by atoms with E-state index in [2.05, 4.69) is 10.3 Å². The molecule has 0 bridgehead atoms. The topological polar surface area (TPSA) is 124 Å². The molecule has 216 valence electrons. The molecule has 0 aliphatic heterocycles. The highest BCUT2D eigenvalue weighted by molar-refractivity contribution is 6.01. The van der Waals surface area contributed by atoms with Gasteiger partial charge in [0.15, 0.2) is 11.5 Å². The van der Waals surface area contributed by atoms with Crippen molar-refractivity contribution in [3.05, 3.63) is 53.7 Å². The summed E-state index contributed by atoms with van der Waals surface area (Å²) in [5.41, 5.74) is 0.953. The number of ether oxygens (including phenoxy) is 7. The standard InChI is InChI=1S/C29H36N2O9/c1-5-13-36-24-17-22-23(18-25(24)37-16-15-35-21-10-7-6-8-11-21)31-20(2)26(28(32)34-4)27(22)39-19-40-29(33)38-14-9-12-30-3/h6-8,10-11,17-18,30H,5,9,12-16,19H2,1-4H3. The summed E-state index contributed by atoms with van der Waals surface area (Å²) in [5.74, 6) is 1.13. The summed E-state index contributed by atoms with van der Waals surface area (Å²) in [7, 11) is 3.07. The van der Waals surface area contributed by atoms with E-state index in [1.165, 1.54) is 7.11 Å². The number of hydrogen-bond donors (Lipinski definition) is 1. The van der Waals surface area contributed by atoms with Crippen molar-refractivity contribution in [2.75, 3.05) is 53.9 Å². The van der Waals surface area contributed by atoms with Gasteiger partial charge in [-0.05, 0) is 51.6 Å². The Bertz CT molecular complexity index is 1250. The summed E-state index contributed by atoms with van der Waals surface area (Å²) in [6, 6.07) is 12.8. The van der Waals surface area contributed by atoms with Crippen LogP contribution >= 0.6 is 0 Å². The second-order valence-electron chi connectivity index (χ2n) is 8.53. The highest BCUT2D eigenvalue weighted by Gasteiger charge is 2.24. The first-order chi connectivity index (χ1) is 19.5. The van der Waals surface area contributed by atoms with Gasteiger partial charge in [0.25, 0.3) is 0 Å². The molecular weight excluding hydrogens is 520 g/mol. The monoisotopic (exact) mass is 556 g/mol. The Kier molecular flexibility index (Phi) is 12.1. The number of hydrogen-bond acceptors (Lipinski definition) is 11. The second-order valence-corrected chi connectivity index (χ2v) is 8.53. The van der Waals surface area contributed by atoms with Gasteiger partial charge in [-0.3, -0.25) is 4.98 Å². The van der Waals surface area contributed by atoms with Crippen LogP contribution in [0.1, 0.15) is 35.8 Å². The average molecular weight is 557 g/mol. The third-order valence-corrected chi connectivity index (χ3v) is 5.56. The Labute approximate surface area is 233 Å². The molecule has 1 heterocycles. The van der Waals surface area contributed by atoms with Gasteiger partial charge in [-0.1, -0.05) is 25.1 Å². The lowest BCUT2D eigenvalue weighted by molar-refractivity contribution is 0.00442. The molecule has 1 N–H and O–H groups in total. The summed E-state index contributed by atoms with van der Waals surface area (Å²) in [6.07, 6.45) is 0.518. The number of aryl methyl sites for hydroxylation is 1. The number of benzene rings is 2. The summed E-state index contributed by atoms with van der Waals surface area (Å²) < 4.78 is 38.5. The number of carbonyl (C=O) groups excluding carboxylic acids is 2. The van der Waals surface area contributed by atoms with E-state index < -0.39 is 18.9 Å². The number of nitrogens with one attached hydrogen (secondary N) is 1. The van der Waals surface area contributed by atoms with Gasteiger partial charge in [0.05, 0.1) is 31.5 Å². The van der Waals surface area contributed by atoms with Gasteiger partial charge in [0, 0.05) is 11.5 Å². The first-order valence-electron chi connectivity index (χ1n) is 13.1. The van der Waals surface area contributed by atoms with Gasteiger partial charge >= 0.3 is 12.1 Å². The Hall–Kier alpha value is -4.25. The first-order valence-corrected chi connectivity index (χ1v) is 13.1. The predicted octanol–water partition coefficient (Wildman–Crippen LogP) is 4.68. The number of para-hydroxylation sites is 1. The highest BCUT2D eigenvalue weighted by Crippen LogP contribution is 2.39. The first kappa shape index (κ1) is 30.3. The van der Waals surface area contributed by atoms with E-state index in [1.54, 1.807) is 26.1 Å². The van der Waals surface area contributed by atoms with Crippen LogP contribution in [0, 0.1) is 6.92 Å². The van der Waals surface area contributed by atoms with Crippen LogP contribution in [0.3, 0.4) is 0 Å². The summed E-state index contributed by atoms with van der Waals surface area (Å²) in [5, 5.41) is 3.42. The number of rotatable bonds is 16. The molecule has 1 aromatic heterocycles. The van der Waals surface area contributed by atoms with Crippen molar-refractivity contribution in [3.63, 3.8) is 0 Å². The van der Waals surface area contributed by atoms with Gasteiger partial charge in [0.2, 0.25) is 6.79 Å². The van der Waals surface area contributed by atoms with Gasteiger partial charge in [-0.2, -0.15) is 0 Å². The van der Waals surface area contributed by atoms with Crippen LogP contribution in [0.5, 0.6) is 23.0 Å². The molecule has 2 aromatic carbocycles. The average Bonchev–Trinajstić information content (AvgIpc) is 2.96. The van der Waals surface area contributed by atoms with E-state index >= 15 is 0 Å². The molecule has 0 spiro atoms. The summed E-state index contributed by atoms with van der Waals surface area (Å²) >= 11 is 0. The van der Waals surface area contributed by atoms with Crippen LogP contribution in [0.15, 0.2) is 42.5 Å². The Morgan fingerprint density at radius 1 is 0.900 bits per heavy atom. The number of aromatic nitrogens is 1. The molecule has 0 saturated heterocycles. The van der Waals surface area contributed by atoms with Crippen LogP contribution in [-0.4, -0.2) is 71.0 Å². The van der Waals surface area contributed by atoms with Crippen molar-refractivity contribution in [1.29, 1.82) is 0 Å². The lowest BCUT2D eigenvalue weighted by Crippen LogP contribution is -2.17. The van der Waals surface area contributed by atoms with Crippen LogP contribution in [0.2, 0.25) is 0 Å². The van der Waals surface area contributed by atoms with Crippen molar-refractivity contribution in [2.45, 2.75) is 26.7 Å². The van der Waals surface area contributed by atoms with Crippen LogP contribution < -0.4 is 24.3 Å². The molecule has 3 rings (SSSR count). The third kappa shape index (κ3) is 8.63. The zero-order valence-electron chi connectivity index (χ0n) is 23.3. The molecule has 0 amide bonds. The molecule has 40 heavy (non-hydrogen) atoms. The van der Waals surface area contributed by atoms with E-state index in [-0.39, 0.29) is 24.5 Å². The van der Waals surface area contributed by atoms with Crippen LogP contribution in [-0.2, 0) is 14.2 Å². The van der Waals surface area contributed by atoms with Crippen LogP contribution in [0.4, 0.5) is 4.79 Å². The lowest BCUT2D eigenvalue weighted by Gasteiger charge is -2.18. The fraction of sp³-hybridized carbons (Fsp3) is 0.414. The second kappa shape index (κ2) is 16.0. The predicted molar refractivity (Wildman–Crippen MR) is 148 cm³/mol. The number of nitrogens with zero attached hydrogens (tertiary/aromatic N) is 1. The van der Waals surface area contributed by atoms with Gasteiger partial charge in [-0.15, -0.1) is 0 Å². The van der Waals surface area contributed by atoms with Crippen molar-refractivity contribution < 1.29 is 42.7 Å². The molecule has 0 saturated carbocycles. The molecule has 0 aliphatic rings. The van der Waals surface area contributed by atoms with Crippen molar-refractivity contribution in [3.8, 4) is 23.0 Å². The van der Waals surface area contributed by atoms with E-state index in [1.807, 2.05) is 37.3 Å². The smallest absolute Gasteiger partial charge is 0.490 e. The molecule has 0 radical (unpaired) electrons. The number of carbonyl (C=O) groups is 2. The molecule has 0 unspecified atom stereocenters. The fourth-order valence-corrected chi connectivity index (χ4v) is 3.70. The normalized spacial score (nSPS) is 10.6. The molecule has 11 heteroatoms. The van der Waals surface area contributed by atoms with E-state index in [0.29, 0.717) is 54.3 Å². The third-order valence-electron chi connectivity index (χ3n) is 5.56. The maximum Gasteiger partial charge on any atom is 0.511 e. The lowest BCUT2D eigenvalue weighted by atomic mass is 10.1. The maximum atomic E-state index is 12.7. The summed E-state index contributed by atoms with van der Waals surface area (Å²) in [6.45, 7) is 5.06. The number of fused-ring (bicyclic) bond motifs is 1. The van der Waals surface area contributed by atoms with E-state index in [9.17, 15) is 9.59 Å². The van der Waals surface area contributed by atoms with E-state index in [0.717, 1.165) is 12.2 Å². The molecule has 11 nitrogen and oxygen atoms in total. The maximum absolute atomic E-state index is 12.7. The molecule has 0 aliphatic carbocycles. The van der Waals surface area contributed by atoms with Crippen LogP contribution in [0.25, 0.3) is 10.9 Å². The fourth-order valence-electron chi connectivity index (χ4n) is 3.70. The zero-order chi connectivity index (χ0) is 28.7. The minimum atomic E-state index is -0.883. The largest absolute Gasteiger partial charge is 0.511 e. The van der Waals surface area contributed by atoms with Crippen molar-refractivity contribution >= 4 is 23.0 Å². The minimum Gasteiger partial charge on any atom is -0.490 e. The van der Waals surface area contributed by atoms with Crippen molar-refractivity contribution in [2.24, 2.45) is 0 Å². The number of pyridine rings is 1. The van der Waals surface area contributed by atoms with Crippen molar-refractivity contribution in [1.82, 2.24) is 10.3 Å². The zero-order valence-corrected chi connectivity index (χ0v) is 23.3. The number of esters is 1. The highest BCUT2D eigenvalue weighted by atomic mass is 16.8. The molecule has 0 fully saturated rings. The molecule has 3 aromatic rings. The SMILES string of the molecule is CCCOc1cc2c(OCOC(=O)OCCCNC)c(C(=O)OC)c(C)nc2cc1OCCOc1ccccc1. The van der Waals surface area contributed by atoms with E-state index in [4.69, 9.17) is 33.2 Å². The number of methoxy groups -OCH3 is 1. The summed E-state index contributed by atoms with van der Waals surface area (Å²) in [4.78, 5) is 29.2. The van der Waals surface area contributed by atoms with Gasteiger partial charge in [-0.25, -0.2) is 9.59 Å². The quantitative estimate of drug-likeness (QED) is 0.150. The Morgan fingerprint density at radius 2 is 1.62 bits per heavy atom. The Morgan fingerprint density at radius 3 is 2.35 bits per heavy atom. The molecular formula is C29H36N2O9. The Balaban J connectivity index is 1.84. The minimum absolute atomic E-state index is 0.104. The van der Waals surface area contributed by atoms with Gasteiger partial charge < -0.3 is 38.5 Å².